The Morgan fingerprint density at radius 1 is 1.10 bits per heavy atom. The largest absolute Gasteiger partial charge is 0.448 e. The van der Waals surface area contributed by atoms with Crippen molar-refractivity contribution in [3.63, 3.8) is 0 Å². The molecule has 9 nitrogen and oxygen atoms in total. The molecule has 1 aromatic heterocycles. The fourth-order valence-electron chi connectivity index (χ4n) is 4.54. The average Bonchev–Trinajstić information content (AvgIpc) is 3.52. The highest BCUT2D eigenvalue weighted by Gasteiger charge is 2.54. The molecule has 2 aliphatic heterocycles. The molecule has 2 atom stereocenters. The van der Waals surface area contributed by atoms with Crippen molar-refractivity contribution in [2.24, 2.45) is 5.10 Å². The third-order valence-corrected chi connectivity index (χ3v) is 9.27. The number of esters is 1. The van der Waals surface area contributed by atoms with Gasteiger partial charge in [-0.05, 0) is 34.8 Å². The van der Waals surface area contributed by atoms with E-state index in [4.69, 9.17) is 17.0 Å². The maximum atomic E-state index is 14.0. The normalized spacial score (nSPS) is 18.0. The van der Waals surface area contributed by atoms with Crippen molar-refractivity contribution in [1.29, 1.82) is 0 Å². The number of hydrogen-bond donors (Lipinski definition) is 2. The van der Waals surface area contributed by atoms with E-state index in [1.807, 2.05) is 78.2 Å². The van der Waals surface area contributed by atoms with Gasteiger partial charge < -0.3 is 15.0 Å². The molecule has 2 aliphatic rings. The molecule has 2 aromatic carbocycles. The summed E-state index contributed by atoms with van der Waals surface area (Å²) < 4.78 is 6.14. The minimum Gasteiger partial charge on any atom is -0.448 e. The van der Waals surface area contributed by atoms with Gasteiger partial charge in [-0.25, -0.2) is 4.79 Å². The standard InChI is InChI=1S/C30H29N5O4S3/c1-34(2)30(40)33-31-17-21-18-42-28-24(32-23(36)16-22-14-9-15-41-22)27(37)35(28)25(21)29(38)39-26(19-10-5-3-6-11-19)20-12-7-4-8-13-20/h3-15,17,24,26,28H,16,18H2,1-2H3,(H,32,36)(H,33,40)/b31-17+. The van der Waals surface area contributed by atoms with Crippen molar-refractivity contribution in [3.05, 3.63) is 105 Å². The Hall–Kier alpha value is -4.00. The summed E-state index contributed by atoms with van der Waals surface area (Å²) in [7, 11) is 3.57. The number of β-lactam (4-membered cyclic amide) rings is 1. The number of nitrogens with one attached hydrogen (secondary N) is 2. The van der Waals surface area contributed by atoms with Gasteiger partial charge in [-0.15, -0.1) is 23.1 Å². The number of thiophene rings is 1. The second-order valence-electron chi connectivity index (χ2n) is 9.76. The number of ether oxygens (including phenoxy) is 1. The third-order valence-electron chi connectivity index (χ3n) is 6.64. The van der Waals surface area contributed by atoms with Crippen molar-refractivity contribution in [2.75, 3.05) is 19.8 Å². The molecule has 0 spiro atoms. The van der Waals surface area contributed by atoms with E-state index >= 15 is 0 Å². The smallest absolute Gasteiger partial charge is 0.356 e. The molecule has 3 aromatic rings. The first-order chi connectivity index (χ1) is 20.3. The Labute approximate surface area is 257 Å². The Kier molecular flexibility index (Phi) is 9.35. The minimum absolute atomic E-state index is 0.102. The van der Waals surface area contributed by atoms with Gasteiger partial charge in [0.1, 0.15) is 17.1 Å². The van der Waals surface area contributed by atoms with Gasteiger partial charge >= 0.3 is 5.97 Å². The lowest BCUT2D eigenvalue weighted by Gasteiger charge is -2.49. The van der Waals surface area contributed by atoms with Crippen LogP contribution in [-0.4, -0.2) is 70.2 Å². The van der Waals surface area contributed by atoms with Gasteiger partial charge in [-0.2, -0.15) is 5.10 Å². The Balaban J connectivity index is 1.42. The molecule has 42 heavy (non-hydrogen) atoms. The van der Waals surface area contributed by atoms with Crippen molar-refractivity contribution in [2.45, 2.75) is 23.9 Å². The highest BCUT2D eigenvalue weighted by molar-refractivity contribution is 8.00. The lowest BCUT2D eigenvalue weighted by atomic mass is 10.0. The highest BCUT2D eigenvalue weighted by Crippen LogP contribution is 2.41. The Bertz CT molecular complexity index is 1470. The first-order valence-corrected chi connectivity index (χ1v) is 15.5. The molecule has 12 heteroatoms. The summed E-state index contributed by atoms with van der Waals surface area (Å²) >= 11 is 8.17. The number of nitrogens with zero attached hydrogens (tertiary/aromatic N) is 3. The van der Waals surface area contributed by atoms with Gasteiger partial charge in [-0.3, -0.25) is 19.9 Å². The SMILES string of the molecule is CN(C)C(=S)N/N=C/C1=C(C(=O)OC(c2ccccc2)c2ccccc2)N2C(=O)C(NC(=O)Cc3cccs3)C2SC1. The van der Waals surface area contributed by atoms with Gasteiger partial charge in [0, 0.05) is 30.3 Å². The summed E-state index contributed by atoms with van der Waals surface area (Å²) in [4.78, 5) is 44.1. The summed E-state index contributed by atoms with van der Waals surface area (Å²) in [6.45, 7) is 0. The quantitative estimate of drug-likeness (QED) is 0.123. The topological polar surface area (TPSA) is 103 Å². The van der Waals surface area contributed by atoms with Crippen molar-refractivity contribution in [1.82, 2.24) is 20.5 Å². The van der Waals surface area contributed by atoms with Gasteiger partial charge in [0.25, 0.3) is 5.91 Å². The Morgan fingerprint density at radius 3 is 2.36 bits per heavy atom. The van der Waals surface area contributed by atoms with Crippen LogP contribution < -0.4 is 10.7 Å². The average molecular weight is 620 g/mol. The van der Waals surface area contributed by atoms with E-state index in [9.17, 15) is 14.4 Å². The van der Waals surface area contributed by atoms with E-state index in [2.05, 4.69) is 15.8 Å². The van der Waals surface area contributed by atoms with E-state index in [1.165, 1.54) is 34.2 Å². The van der Waals surface area contributed by atoms with Crippen LogP contribution in [0, 0.1) is 0 Å². The fourth-order valence-corrected chi connectivity index (χ4v) is 6.59. The van der Waals surface area contributed by atoms with Crippen LogP contribution in [0.3, 0.4) is 0 Å². The van der Waals surface area contributed by atoms with Crippen molar-refractivity contribution < 1.29 is 19.1 Å². The van der Waals surface area contributed by atoms with E-state index in [1.54, 1.807) is 19.0 Å². The molecular formula is C30H29N5O4S3. The summed E-state index contributed by atoms with van der Waals surface area (Å²) in [5.41, 5.74) is 4.96. The number of thiocarbonyl (C=S) groups is 1. The molecule has 2 unspecified atom stereocenters. The molecule has 216 valence electrons. The molecule has 2 N–H and O–H groups in total. The van der Waals surface area contributed by atoms with E-state index in [-0.39, 0.29) is 23.9 Å². The first kappa shape index (κ1) is 29.5. The van der Waals surface area contributed by atoms with Crippen molar-refractivity contribution in [3.8, 4) is 0 Å². The molecule has 0 aliphatic carbocycles. The summed E-state index contributed by atoms with van der Waals surface area (Å²) in [6, 6.07) is 21.9. The second-order valence-corrected chi connectivity index (χ2v) is 12.3. The molecule has 1 fully saturated rings. The van der Waals surface area contributed by atoms with Gasteiger partial charge in [0.15, 0.2) is 11.2 Å². The zero-order chi connectivity index (χ0) is 29.6. The number of hydrazone groups is 1. The number of amides is 2. The summed E-state index contributed by atoms with van der Waals surface area (Å²) in [6.07, 6.45) is 0.983. The minimum atomic E-state index is -0.748. The number of thioether (sulfide) groups is 1. The Morgan fingerprint density at radius 2 is 1.76 bits per heavy atom. The number of rotatable bonds is 9. The van der Waals surface area contributed by atoms with E-state index in [0.717, 1.165) is 16.0 Å². The zero-order valence-electron chi connectivity index (χ0n) is 22.9. The lowest BCUT2D eigenvalue weighted by molar-refractivity contribution is -0.154. The second kappa shape index (κ2) is 13.3. The van der Waals surface area contributed by atoms with Gasteiger partial charge in [0.2, 0.25) is 5.91 Å². The van der Waals surface area contributed by atoms with Crippen LogP contribution in [0.1, 0.15) is 22.1 Å². The van der Waals surface area contributed by atoms with Crippen LogP contribution in [0.2, 0.25) is 0 Å². The predicted octanol–water partition coefficient (Wildman–Crippen LogP) is 3.70. The molecule has 5 rings (SSSR count). The predicted molar refractivity (Wildman–Crippen MR) is 169 cm³/mol. The van der Waals surface area contributed by atoms with E-state index in [0.29, 0.717) is 16.4 Å². The van der Waals surface area contributed by atoms with Crippen LogP contribution in [-0.2, 0) is 25.5 Å². The van der Waals surface area contributed by atoms with Crippen molar-refractivity contribution >= 4 is 64.4 Å². The van der Waals surface area contributed by atoms with Crippen LogP contribution >= 0.6 is 35.3 Å². The van der Waals surface area contributed by atoms with Gasteiger partial charge in [-0.1, -0.05) is 66.7 Å². The summed E-state index contributed by atoms with van der Waals surface area (Å²) in [5, 5.41) is 8.91. The number of carbonyl (C=O) groups is 3. The maximum Gasteiger partial charge on any atom is 0.356 e. The van der Waals surface area contributed by atoms with Gasteiger partial charge in [0.05, 0.1) is 12.6 Å². The van der Waals surface area contributed by atoms with Crippen LogP contribution in [0.25, 0.3) is 0 Å². The molecule has 3 heterocycles. The maximum absolute atomic E-state index is 14.0. The third kappa shape index (κ3) is 6.56. The molecule has 0 radical (unpaired) electrons. The van der Waals surface area contributed by atoms with Crippen LogP contribution in [0.5, 0.6) is 0 Å². The number of benzene rings is 2. The molecule has 1 saturated heterocycles. The highest BCUT2D eigenvalue weighted by atomic mass is 32.2. The zero-order valence-corrected chi connectivity index (χ0v) is 25.4. The first-order valence-electron chi connectivity index (χ1n) is 13.1. The van der Waals surface area contributed by atoms with Crippen LogP contribution in [0.15, 0.2) is 94.5 Å². The number of carbonyl (C=O) groups excluding carboxylic acids is 3. The van der Waals surface area contributed by atoms with Crippen LogP contribution in [0.4, 0.5) is 0 Å². The monoisotopic (exact) mass is 619 g/mol. The summed E-state index contributed by atoms with van der Waals surface area (Å²) in [5.74, 6) is -0.910. The fraction of sp³-hybridized carbons (Fsp3) is 0.233. The molecule has 0 bridgehead atoms. The lowest BCUT2D eigenvalue weighted by Crippen LogP contribution is -2.70. The van der Waals surface area contributed by atoms with E-state index < -0.39 is 23.5 Å². The molecule has 0 saturated carbocycles. The molecular weight excluding hydrogens is 591 g/mol. The molecule has 2 amide bonds. The number of fused-ring (bicyclic) bond motifs is 1. The number of hydrogen-bond acceptors (Lipinski definition) is 8.